The maximum Gasteiger partial charge on any atom is 0.229 e. The van der Waals surface area contributed by atoms with Crippen molar-refractivity contribution in [3.8, 4) is 11.5 Å². The van der Waals surface area contributed by atoms with Gasteiger partial charge in [0.2, 0.25) is 5.91 Å². The Labute approximate surface area is 121 Å². The number of nitrogens with one attached hydrogen (secondary N) is 1. The largest absolute Gasteiger partial charge is 0.493 e. The van der Waals surface area contributed by atoms with Gasteiger partial charge in [-0.15, -0.1) is 11.3 Å². The lowest BCUT2D eigenvalue weighted by molar-refractivity contribution is -0.116. The molecule has 0 radical (unpaired) electrons. The van der Waals surface area contributed by atoms with Crippen molar-refractivity contribution < 1.29 is 14.3 Å². The first kappa shape index (κ1) is 14.3. The molecule has 0 aliphatic carbocycles. The van der Waals surface area contributed by atoms with Crippen molar-refractivity contribution >= 4 is 22.4 Å². The third-order valence-electron chi connectivity index (χ3n) is 2.52. The van der Waals surface area contributed by atoms with E-state index in [-0.39, 0.29) is 18.9 Å². The van der Waals surface area contributed by atoms with E-state index in [9.17, 15) is 4.79 Å². The highest BCUT2D eigenvalue weighted by molar-refractivity contribution is 7.15. The number of methoxy groups -OCH3 is 1. The molecule has 1 N–H and O–H groups in total. The summed E-state index contributed by atoms with van der Waals surface area (Å²) < 4.78 is 10.7. The Balaban J connectivity index is 1.79. The fourth-order valence-corrected chi connectivity index (χ4v) is 2.27. The molecule has 0 spiro atoms. The van der Waals surface area contributed by atoms with Crippen LogP contribution >= 0.6 is 11.3 Å². The summed E-state index contributed by atoms with van der Waals surface area (Å²) in [6.45, 7) is 2.23. The highest BCUT2D eigenvalue weighted by atomic mass is 32.1. The molecule has 2 aromatic rings. The van der Waals surface area contributed by atoms with Gasteiger partial charge >= 0.3 is 0 Å². The molecule has 0 saturated heterocycles. The molecule has 1 aromatic carbocycles. The van der Waals surface area contributed by atoms with Gasteiger partial charge in [0.25, 0.3) is 0 Å². The Kier molecular flexibility index (Phi) is 4.95. The van der Waals surface area contributed by atoms with Crippen molar-refractivity contribution in [2.24, 2.45) is 0 Å². The Morgan fingerprint density at radius 3 is 2.75 bits per heavy atom. The number of ether oxygens (including phenoxy) is 2. The third-order valence-corrected chi connectivity index (χ3v) is 3.35. The molecule has 5 nitrogen and oxygen atoms in total. The lowest BCUT2D eigenvalue weighted by atomic mass is 10.3. The highest BCUT2D eigenvalue weighted by Gasteiger charge is 2.07. The fraction of sp³-hybridized carbons (Fsp3) is 0.286. The molecule has 1 aromatic heterocycles. The summed E-state index contributed by atoms with van der Waals surface area (Å²) in [7, 11) is 1.58. The molecular weight excluding hydrogens is 276 g/mol. The van der Waals surface area contributed by atoms with Crippen molar-refractivity contribution in [1.82, 2.24) is 4.98 Å². The second kappa shape index (κ2) is 6.91. The van der Waals surface area contributed by atoms with Gasteiger partial charge in [0.1, 0.15) is 0 Å². The molecule has 106 valence electrons. The average Bonchev–Trinajstić information content (AvgIpc) is 2.84. The average molecular weight is 292 g/mol. The Bertz CT molecular complexity index is 583. The van der Waals surface area contributed by atoms with E-state index in [0.717, 1.165) is 4.88 Å². The van der Waals surface area contributed by atoms with Crippen molar-refractivity contribution in [1.29, 1.82) is 0 Å². The SMILES string of the molecule is COc1ccccc1OCCC(=O)Nc1ncc(C)s1. The van der Waals surface area contributed by atoms with Crippen LogP contribution in [0.25, 0.3) is 0 Å². The summed E-state index contributed by atoms with van der Waals surface area (Å²) in [6, 6.07) is 7.34. The van der Waals surface area contributed by atoms with Crippen molar-refractivity contribution in [2.45, 2.75) is 13.3 Å². The molecule has 0 aliphatic heterocycles. The number of nitrogens with zero attached hydrogens (tertiary/aromatic N) is 1. The highest BCUT2D eigenvalue weighted by Crippen LogP contribution is 2.25. The van der Waals surface area contributed by atoms with E-state index >= 15 is 0 Å². The predicted octanol–water partition coefficient (Wildman–Crippen LogP) is 2.87. The summed E-state index contributed by atoms with van der Waals surface area (Å²) >= 11 is 1.45. The molecular formula is C14H16N2O3S. The number of para-hydroxylation sites is 2. The summed E-state index contributed by atoms with van der Waals surface area (Å²) in [4.78, 5) is 16.8. The molecule has 1 amide bonds. The molecule has 0 aliphatic rings. The maximum absolute atomic E-state index is 11.7. The van der Waals surface area contributed by atoms with Crippen LogP contribution < -0.4 is 14.8 Å². The van der Waals surface area contributed by atoms with E-state index in [1.54, 1.807) is 19.4 Å². The fourth-order valence-electron chi connectivity index (χ4n) is 1.59. The molecule has 0 fully saturated rings. The molecule has 0 bridgehead atoms. The van der Waals surface area contributed by atoms with Gasteiger partial charge in [-0.1, -0.05) is 12.1 Å². The van der Waals surface area contributed by atoms with Crippen molar-refractivity contribution in [3.05, 3.63) is 35.3 Å². The zero-order chi connectivity index (χ0) is 14.4. The number of carbonyl (C=O) groups is 1. The number of carbonyl (C=O) groups excluding carboxylic acids is 1. The third kappa shape index (κ3) is 3.96. The molecule has 6 heteroatoms. The van der Waals surface area contributed by atoms with Gasteiger partial charge in [0, 0.05) is 11.1 Å². The topological polar surface area (TPSA) is 60.5 Å². The molecule has 0 saturated carbocycles. The predicted molar refractivity (Wildman–Crippen MR) is 78.6 cm³/mol. The van der Waals surface area contributed by atoms with Gasteiger partial charge in [-0.3, -0.25) is 4.79 Å². The number of hydrogen-bond acceptors (Lipinski definition) is 5. The lowest BCUT2D eigenvalue weighted by Crippen LogP contribution is -2.15. The first-order valence-electron chi connectivity index (χ1n) is 6.17. The number of aromatic nitrogens is 1. The minimum Gasteiger partial charge on any atom is -0.493 e. The van der Waals surface area contributed by atoms with E-state index in [1.807, 2.05) is 25.1 Å². The summed E-state index contributed by atoms with van der Waals surface area (Å²) in [5, 5.41) is 3.35. The van der Waals surface area contributed by atoms with E-state index in [0.29, 0.717) is 16.6 Å². The van der Waals surface area contributed by atoms with Crippen LogP contribution in [0.5, 0.6) is 11.5 Å². The van der Waals surface area contributed by atoms with Gasteiger partial charge < -0.3 is 14.8 Å². The number of anilines is 1. The number of thiazole rings is 1. The number of benzene rings is 1. The smallest absolute Gasteiger partial charge is 0.229 e. The van der Waals surface area contributed by atoms with Crippen LogP contribution in [-0.4, -0.2) is 24.6 Å². The van der Waals surface area contributed by atoms with Gasteiger partial charge in [-0.05, 0) is 19.1 Å². The van der Waals surface area contributed by atoms with E-state index in [4.69, 9.17) is 9.47 Å². The minimum absolute atomic E-state index is 0.116. The van der Waals surface area contributed by atoms with Crippen molar-refractivity contribution in [2.75, 3.05) is 19.0 Å². The quantitative estimate of drug-likeness (QED) is 0.889. The molecule has 20 heavy (non-hydrogen) atoms. The minimum atomic E-state index is -0.116. The molecule has 1 heterocycles. The summed E-state index contributed by atoms with van der Waals surface area (Å²) in [6.07, 6.45) is 1.99. The second-order valence-corrected chi connectivity index (χ2v) is 5.31. The Morgan fingerprint density at radius 1 is 1.35 bits per heavy atom. The zero-order valence-electron chi connectivity index (χ0n) is 11.4. The van der Waals surface area contributed by atoms with Crippen LogP contribution in [0.3, 0.4) is 0 Å². The Hall–Kier alpha value is -2.08. The maximum atomic E-state index is 11.7. The number of rotatable bonds is 6. The van der Waals surface area contributed by atoms with Crippen LogP contribution in [0.15, 0.2) is 30.5 Å². The summed E-state index contributed by atoms with van der Waals surface area (Å²) in [5.74, 6) is 1.17. The van der Waals surface area contributed by atoms with E-state index < -0.39 is 0 Å². The van der Waals surface area contributed by atoms with Crippen LogP contribution in [-0.2, 0) is 4.79 Å². The van der Waals surface area contributed by atoms with Crippen LogP contribution in [0.4, 0.5) is 5.13 Å². The first-order chi connectivity index (χ1) is 9.69. The van der Waals surface area contributed by atoms with E-state index in [1.165, 1.54) is 11.3 Å². The Morgan fingerprint density at radius 2 is 2.10 bits per heavy atom. The first-order valence-corrected chi connectivity index (χ1v) is 6.99. The number of aryl methyl sites for hydroxylation is 1. The second-order valence-electron chi connectivity index (χ2n) is 4.07. The molecule has 2 rings (SSSR count). The van der Waals surface area contributed by atoms with Crippen molar-refractivity contribution in [3.63, 3.8) is 0 Å². The van der Waals surface area contributed by atoms with Crippen LogP contribution in [0.1, 0.15) is 11.3 Å². The van der Waals surface area contributed by atoms with Gasteiger partial charge in [0.05, 0.1) is 20.1 Å². The van der Waals surface area contributed by atoms with Gasteiger partial charge in [0.15, 0.2) is 16.6 Å². The number of amides is 1. The van der Waals surface area contributed by atoms with E-state index in [2.05, 4.69) is 10.3 Å². The van der Waals surface area contributed by atoms with Gasteiger partial charge in [-0.25, -0.2) is 4.98 Å². The molecule has 0 unspecified atom stereocenters. The monoisotopic (exact) mass is 292 g/mol. The molecule has 0 atom stereocenters. The normalized spacial score (nSPS) is 10.1. The summed E-state index contributed by atoms with van der Waals surface area (Å²) in [5.41, 5.74) is 0. The van der Waals surface area contributed by atoms with Gasteiger partial charge in [-0.2, -0.15) is 0 Å². The van der Waals surface area contributed by atoms with Crippen LogP contribution in [0.2, 0.25) is 0 Å². The van der Waals surface area contributed by atoms with Crippen LogP contribution in [0, 0.1) is 6.92 Å². The lowest BCUT2D eigenvalue weighted by Gasteiger charge is -2.09. The zero-order valence-corrected chi connectivity index (χ0v) is 12.2. The standard InChI is InChI=1S/C14H16N2O3S/c1-10-9-15-14(20-10)16-13(17)7-8-19-12-6-4-3-5-11(12)18-2/h3-6,9H,7-8H2,1-2H3,(H,15,16,17). The number of hydrogen-bond donors (Lipinski definition) is 1.